The Labute approximate surface area is 86.6 Å². The van der Waals surface area contributed by atoms with Gasteiger partial charge in [0.25, 0.3) is 0 Å². The number of nitrogens with two attached hydrogens (primary N) is 1. The highest BCUT2D eigenvalue weighted by Gasteiger charge is 2.08. The quantitative estimate of drug-likeness (QED) is 0.239. The summed E-state index contributed by atoms with van der Waals surface area (Å²) in [6, 6.07) is 0. The van der Waals surface area contributed by atoms with Crippen molar-refractivity contribution in [1.29, 1.82) is 0 Å². The Bertz CT molecular complexity index is 159. The third kappa shape index (κ3) is 5.94. The Hall–Kier alpha value is -0.610. The van der Waals surface area contributed by atoms with Crippen molar-refractivity contribution in [3.05, 3.63) is 0 Å². The number of nitrogens with zero attached hydrogens (tertiary/aromatic N) is 1. The monoisotopic (exact) mass is 201 g/mol. The van der Waals surface area contributed by atoms with Crippen molar-refractivity contribution in [2.45, 2.75) is 33.1 Å². The predicted molar refractivity (Wildman–Crippen MR) is 59.8 cm³/mol. The highest BCUT2D eigenvalue weighted by atomic mass is 16.4. The van der Waals surface area contributed by atoms with Gasteiger partial charge in [0.05, 0.1) is 5.71 Å². The number of rotatable bonds is 8. The highest BCUT2D eigenvalue weighted by molar-refractivity contribution is 5.85. The van der Waals surface area contributed by atoms with Crippen LogP contribution in [-0.2, 0) is 0 Å². The van der Waals surface area contributed by atoms with Crippen LogP contribution < -0.4 is 11.1 Å². The number of hydrogen-bond donors (Lipinski definition) is 3. The van der Waals surface area contributed by atoms with Crippen LogP contribution in [0.5, 0.6) is 0 Å². The van der Waals surface area contributed by atoms with Gasteiger partial charge in [0.1, 0.15) is 0 Å². The van der Waals surface area contributed by atoms with Crippen molar-refractivity contribution in [3.8, 4) is 0 Å². The van der Waals surface area contributed by atoms with E-state index in [0.29, 0.717) is 5.92 Å². The molecule has 0 aromatic heterocycles. The van der Waals surface area contributed by atoms with Gasteiger partial charge >= 0.3 is 0 Å². The zero-order valence-electron chi connectivity index (χ0n) is 9.29. The van der Waals surface area contributed by atoms with Crippen LogP contribution >= 0.6 is 0 Å². The molecule has 4 heteroatoms. The van der Waals surface area contributed by atoms with Gasteiger partial charge in [-0.2, -0.15) is 0 Å². The Morgan fingerprint density at radius 2 is 2.21 bits per heavy atom. The minimum atomic E-state index is 0.308. The minimum Gasteiger partial charge on any atom is -0.411 e. The van der Waals surface area contributed by atoms with Crippen molar-refractivity contribution in [2.24, 2.45) is 16.8 Å². The molecule has 14 heavy (non-hydrogen) atoms. The average molecular weight is 201 g/mol. The first-order valence-electron chi connectivity index (χ1n) is 5.37. The lowest BCUT2D eigenvalue weighted by Crippen LogP contribution is -2.27. The first-order chi connectivity index (χ1) is 6.76. The van der Waals surface area contributed by atoms with Crippen LogP contribution in [0.3, 0.4) is 0 Å². The molecule has 0 amide bonds. The molecular weight excluding hydrogens is 178 g/mol. The zero-order valence-corrected chi connectivity index (χ0v) is 9.29. The number of oxime groups is 1. The topological polar surface area (TPSA) is 70.6 Å². The van der Waals surface area contributed by atoms with E-state index in [2.05, 4.69) is 17.4 Å². The van der Waals surface area contributed by atoms with Crippen LogP contribution in [0.15, 0.2) is 5.16 Å². The zero-order chi connectivity index (χ0) is 10.8. The molecule has 0 aromatic rings. The van der Waals surface area contributed by atoms with Crippen LogP contribution in [0.1, 0.15) is 33.1 Å². The molecule has 0 aromatic carbocycles. The summed E-state index contributed by atoms with van der Waals surface area (Å²) in [6.45, 7) is 6.69. The number of hydrogen-bond acceptors (Lipinski definition) is 4. The second-order valence-electron chi connectivity index (χ2n) is 3.55. The molecule has 4 nitrogen and oxygen atoms in total. The summed E-state index contributed by atoms with van der Waals surface area (Å²) in [5.74, 6) is 0.308. The maximum Gasteiger partial charge on any atom is 0.0608 e. The lowest BCUT2D eigenvalue weighted by molar-refractivity contribution is 0.313. The summed E-state index contributed by atoms with van der Waals surface area (Å²) >= 11 is 0. The van der Waals surface area contributed by atoms with Gasteiger partial charge in [0.2, 0.25) is 0 Å². The summed E-state index contributed by atoms with van der Waals surface area (Å²) in [4.78, 5) is 0. The molecule has 0 aliphatic heterocycles. The largest absolute Gasteiger partial charge is 0.411 e. The van der Waals surface area contributed by atoms with Gasteiger partial charge < -0.3 is 16.3 Å². The van der Waals surface area contributed by atoms with E-state index in [-0.39, 0.29) is 0 Å². The third-order valence-corrected chi connectivity index (χ3v) is 2.32. The van der Waals surface area contributed by atoms with E-state index >= 15 is 0 Å². The fourth-order valence-electron chi connectivity index (χ4n) is 1.35. The van der Waals surface area contributed by atoms with E-state index < -0.39 is 0 Å². The number of unbranched alkanes of at least 4 members (excludes halogenated alkanes) is 1. The molecular formula is C10H23N3O. The minimum absolute atomic E-state index is 0.308. The predicted octanol–water partition coefficient (Wildman–Crippen LogP) is 1.19. The molecule has 0 heterocycles. The Morgan fingerprint density at radius 3 is 2.71 bits per heavy atom. The second-order valence-corrected chi connectivity index (χ2v) is 3.55. The Kier molecular flexibility index (Phi) is 8.57. The van der Waals surface area contributed by atoms with E-state index in [1.807, 2.05) is 6.92 Å². The highest BCUT2D eigenvalue weighted by Crippen LogP contribution is 2.01. The van der Waals surface area contributed by atoms with Gasteiger partial charge in [-0.15, -0.1) is 0 Å². The molecule has 0 saturated carbocycles. The van der Waals surface area contributed by atoms with Crippen molar-refractivity contribution >= 4 is 5.71 Å². The smallest absolute Gasteiger partial charge is 0.0608 e. The molecule has 1 unspecified atom stereocenters. The normalized spacial score (nSPS) is 14.4. The molecule has 0 bridgehead atoms. The number of nitrogens with one attached hydrogen (secondary N) is 1. The summed E-state index contributed by atoms with van der Waals surface area (Å²) in [5, 5.41) is 15.3. The Morgan fingerprint density at radius 1 is 1.50 bits per heavy atom. The summed E-state index contributed by atoms with van der Waals surface area (Å²) < 4.78 is 0. The lowest BCUT2D eigenvalue weighted by atomic mass is 10.0. The van der Waals surface area contributed by atoms with E-state index in [1.54, 1.807) is 0 Å². The van der Waals surface area contributed by atoms with Gasteiger partial charge in [-0.3, -0.25) is 0 Å². The van der Waals surface area contributed by atoms with Gasteiger partial charge in [-0.1, -0.05) is 19.0 Å². The standard InChI is InChI=1S/C10H23N3O/c1-3-10(13-14)9(2)8-12-7-5-4-6-11/h9,12,14H,3-8,11H2,1-2H3/b13-10+. The summed E-state index contributed by atoms with van der Waals surface area (Å²) in [6.07, 6.45) is 2.99. The second kappa shape index (κ2) is 8.97. The SMILES string of the molecule is CC/C(=N\O)C(C)CNCCCCN. The fraction of sp³-hybridized carbons (Fsp3) is 0.900. The molecule has 1 atom stereocenters. The van der Waals surface area contributed by atoms with Gasteiger partial charge in [-0.05, 0) is 32.4 Å². The van der Waals surface area contributed by atoms with E-state index in [4.69, 9.17) is 10.9 Å². The first kappa shape index (κ1) is 13.4. The molecule has 0 radical (unpaired) electrons. The molecule has 0 aliphatic carbocycles. The maximum atomic E-state index is 8.68. The summed E-state index contributed by atoms with van der Waals surface area (Å²) in [5.41, 5.74) is 6.24. The summed E-state index contributed by atoms with van der Waals surface area (Å²) in [7, 11) is 0. The van der Waals surface area contributed by atoms with Crippen molar-refractivity contribution in [3.63, 3.8) is 0 Å². The molecule has 84 valence electrons. The fourth-order valence-corrected chi connectivity index (χ4v) is 1.35. The average Bonchev–Trinajstić information content (AvgIpc) is 2.19. The van der Waals surface area contributed by atoms with Crippen LogP contribution in [0, 0.1) is 5.92 Å². The van der Waals surface area contributed by atoms with Crippen LogP contribution in [0.4, 0.5) is 0 Å². The molecule has 0 saturated heterocycles. The van der Waals surface area contributed by atoms with Crippen LogP contribution in [-0.4, -0.2) is 30.6 Å². The van der Waals surface area contributed by atoms with Gasteiger partial charge in [-0.25, -0.2) is 0 Å². The lowest BCUT2D eigenvalue weighted by Gasteiger charge is -2.12. The molecule has 0 spiro atoms. The van der Waals surface area contributed by atoms with Crippen LogP contribution in [0.25, 0.3) is 0 Å². The Balaban J connectivity index is 3.48. The first-order valence-corrected chi connectivity index (χ1v) is 5.37. The molecule has 0 fully saturated rings. The molecule has 0 aliphatic rings. The van der Waals surface area contributed by atoms with Crippen LogP contribution in [0.2, 0.25) is 0 Å². The van der Waals surface area contributed by atoms with Gasteiger partial charge in [0.15, 0.2) is 0 Å². The molecule has 0 rings (SSSR count). The van der Waals surface area contributed by atoms with E-state index in [1.165, 1.54) is 0 Å². The van der Waals surface area contributed by atoms with Crippen molar-refractivity contribution in [1.82, 2.24) is 5.32 Å². The van der Waals surface area contributed by atoms with E-state index in [0.717, 1.165) is 44.6 Å². The van der Waals surface area contributed by atoms with E-state index in [9.17, 15) is 0 Å². The van der Waals surface area contributed by atoms with Gasteiger partial charge in [0, 0.05) is 12.5 Å². The van der Waals surface area contributed by atoms with Crippen molar-refractivity contribution < 1.29 is 5.21 Å². The maximum absolute atomic E-state index is 8.68. The molecule has 4 N–H and O–H groups in total. The van der Waals surface area contributed by atoms with Crippen molar-refractivity contribution in [2.75, 3.05) is 19.6 Å². The third-order valence-electron chi connectivity index (χ3n) is 2.32.